The molecule has 9 heteroatoms. The minimum atomic E-state index is -4.77. The lowest BCUT2D eigenvalue weighted by atomic mass is 9.54. The molecule has 2 N–H and O–H groups in total. The van der Waals surface area contributed by atoms with Crippen molar-refractivity contribution in [3.8, 4) is 5.75 Å². The third-order valence-corrected chi connectivity index (χ3v) is 7.24. The van der Waals surface area contributed by atoms with E-state index in [0.29, 0.717) is 32.2 Å². The molecule has 1 aromatic carbocycles. The van der Waals surface area contributed by atoms with E-state index in [9.17, 15) is 27.9 Å². The molecule has 2 fully saturated rings. The van der Waals surface area contributed by atoms with Crippen molar-refractivity contribution in [2.75, 3.05) is 19.6 Å². The Morgan fingerprint density at radius 1 is 1.14 bits per heavy atom. The van der Waals surface area contributed by atoms with Crippen molar-refractivity contribution in [2.45, 2.75) is 89.1 Å². The number of rotatable bonds is 12. The molecule has 35 heavy (non-hydrogen) atoms. The van der Waals surface area contributed by atoms with Gasteiger partial charge in [-0.25, -0.2) is 0 Å². The van der Waals surface area contributed by atoms with Gasteiger partial charge in [-0.1, -0.05) is 18.6 Å². The second kappa shape index (κ2) is 11.7. The van der Waals surface area contributed by atoms with Crippen molar-refractivity contribution >= 4 is 11.7 Å². The third kappa shape index (κ3) is 7.67. The Bertz CT molecular complexity index is 853. The lowest BCUT2D eigenvalue weighted by Crippen LogP contribution is -2.69. The zero-order valence-corrected chi connectivity index (χ0v) is 20.6. The van der Waals surface area contributed by atoms with E-state index in [2.05, 4.69) is 15.0 Å². The summed E-state index contributed by atoms with van der Waals surface area (Å²) < 4.78 is 41.8. The molecule has 3 rings (SSSR count). The largest absolute Gasteiger partial charge is 0.573 e. The molecule has 2 aliphatic rings. The highest BCUT2D eigenvalue weighted by molar-refractivity contribution is 5.77. The van der Waals surface area contributed by atoms with Crippen LogP contribution in [0.5, 0.6) is 5.75 Å². The van der Waals surface area contributed by atoms with Gasteiger partial charge in [0.25, 0.3) is 0 Å². The molecule has 1 aliphatic carbocycles. The van der Waals surface area contributed by atoms with Gasteiger partial charge < -0.3 is 24.9 Å². The Kier molecular flexibility index (Phi) is 9.21. The number of carbonyl (C=O) groups excluding carboxylic acids is 2. The number of hydrogen-bond donors (Lipinski definition) is 2. The van der Waals surface area contributed by atoms with E-state index >= 15 is 0 Å². The molecule has 0 aromatic heterocycles. The fourth-order valence-electron chi connectivity index (χ4n) is 5.65. The summed E-state index contributed by atoms with van der Waals surface area (Å²) in [6, 6.07) is 5.79. The van der Waals surface area contributed by atoms with Gasteiger partial charge in [-0.15, -0.1) is 13.2 Å². The number of benzene rings is 1. The highest BCUT2D eigenvalue weighted by Gasteiger charge is 2.57. The minimum Gasteiger partial charge on any atom is -0.406 e. The normalized spacial score (nSPS) is 25.7. The number of ketones is 1. The van der Waals surface area contributed by atoms with Crippen molar-refractivity contribution < 1.29 is 32.6 Å². The van der Waals surface area contributed by atoms with Gasteiger partial charge in [0.05, 0.1) is 11.6 Å². The molecule has 6 nitrogen and oxygen atoms in total. The molecule has 1 amide bonds. The average molecular weight is 499 g/mol. The number of unbranched alkanes of at least 4 members (excludes halogenated alkanes) is 2. The van der Waals surface area contributed by atoms with Crippen molar-refractivity contribution in [3.05, 3.63) is 29.8 Å². The number of nitrogens with one attached hydrogen (secondary N) is 1. The highest BCUT2D eigenvalue weighted by atomic mass is 19.4. The first-order chi connectivity index (χ1) is 16.5. The van der Waals surface area contributed by atoms with Gasteiger partial charge in [-0.05, 0) is 82.7 Å². The molecule has 1 aromatic rings. The van der Waals surface area contributed by atoms with E-state index in [-0.39, 0.29) is 29.3 Å². The number of amides is 1. The van der Waals surface area contributed by atoms with Crippen LogP contribution >= 0.6 is 0 Å². The van der Waals surface area contributed by atoms with Crippen LogP contribution in [-0.4, -0.2) is 59.3 Å². The molecule has 3 unspecified atom stereocenters. The Hall–Kier alpha value is -2.13. The number of ether oxygens (including phenoxy) is 1. The maximum atomic E-state index is 13.0. The van der Waals surface area contributed by atoms with E-state index < -0.39 is 18.0 Å². The fourth-order valence-corrected chi connectivity index (χ4v) is 5.65. The van der Waals surface area contributed by atoms with E-state index in [4.69, 9.17) is 0 Å². The first-order valence-corrected chi connectivity index (χ1v) is 12.6. The van der Waals surface area contributed by atoms with Crippen LogP contribution < -0.4 is 10.1 Å². The van der Waals surface area contributed by atoms with Crippen LogP contribution in [0.4, 0.5) is 13.2 Å². The number of hydrogen-bond acceptors (Lipinski definition) is 5. The molecule has 0 bridgehead atoms. The Morgan fingerprint density at radius 2 is 1.77 bits per heavy atom. The van der Waals surface area contributed by atoms with E-state index in [1.54, 1.807) is 26.0 Å². The van der Waals surface area contributed by atoms with Gasteiger partial charge in [0.2, 0.25) is 5.91 Å². The van der Waals surface area contributed by atoms with Crippen LogP contribution in [0, 0.1) is 5.92 Å². The van der Waals surface area contributed by atoms with Crippen molar-refractivity contribution in [1.82, 2.24) is 10.2 Å². The summed E-state index contributed by atoms with van der Waals surface area (Å²) in [5.41, 5.74) is 0.173. The zero-order valence-electron chi connectivity index (χ0n) is 20.6. The monoisotopic (exact) mass is 498 g/mol. The van der Waals surface area contributed by atoms with Gasteiger partial charge in [-0.3, -0.25) is 4.79 Å². The first-order valence-electron chi connectivity index (χ1n) is 12.6. The summed E-state index contributed by atoms with van der Waals surface area (Å²) in [5, 5.41) is 13.7. The second-order valence-electron chi connectivity index (χ2n) is 10.2. The molecular weight excluding hydrogens is 461 g/mol. The summed E-state index contributed by atoms with van der Waals surface area (Å²) in [6.45, 7) is 5.79. The van der Waals surface area contributed by atoms with E-state index in [1.807, 2.05) is 0 Å². The number of likely N-dealkylation sites (tertiary alicyclic amines) is 1. The molecule has 1 saturated carbocycles. The van der Waals surface area contributed by atoms with Crippen molar-refractivity contribution in [1.29, 1.82) is 0 Å². The Labute approximate surface area is 205 Å². The number of nitrogens with zero attached hydrogens (tertiary/aromatic N) is 1. The number of alkyl halides is 3. The molecule has 1 aliphatic heterocycles. The van der Waals surface area contributed by atoms with Crippen LogP contribution in [0.1, 0.15) is 76.7 Å². The molecule has 4 atom stereocenters. The van der Waals surface area contributed by atoms with E-state index in [0.717, 1.165) is 44.3 Å². The predicted molar refractivity (Wildman–Crippen MR) is 126 cm³/mol. The predicted octanol–water partition coefficient (Wildman–Crippen LogP) is 4.56. The molecular formula is C26H37F3N2O4. The maximum absolute atomic E-state index is 13.0. The highest BCUT2D eigenvalue weighted by Crippen LogP contribution is 2.53. The second-order valence-corrected chi connectivity index (χ2v) is 10.2. The summed E-state index contributed by atoms with van der Waals surface area (Å²) >= 11 is 0. The quantitative estimate of drug-likeness (QED) is 0.413. The topological polar surface area (TPSA) is 78.9 Å². The average Bonchev–Trinajstić information content (AvgIpc) is 3.24. The van der Waals surface area contributed by atoms with Crippen LogP contribution in [0.2, 0.25) is 0 Å². The van der Waals surface area contributed by atoms with Gasteiger partial charge in [0, 0.05) is 25.3 Å². The fraction of sp³-hybridized carbons (Fsp3) is 0.692. The van der Waals surface area contributed by atoms with Crippen LogP contribution in [-0.2, 0) is 9.59 Å². The molecule has 1 heterocycles. The lowest BCUT2D eigenvalue weighted by molar-refractivity contribution is -0.274. The Morgan fingerprint density at radius 3 is 2.34 bits per heavy atom. The van der Waals surface area contributed by atoms with Crippen LogP contribution in [0.15, 0.2) is 24.3 Å². The summed E-state index contributed by atoms with van der Waals surface area (Å²) in [7, 11) is 0. The summed E-state index contributed by atoms with van der Waals surface area (Å²) in [5.74, 6) is -0.577. The third-order valence-electron chi connectivity index (χ3n) is 7.24. The maximum Gasteiger partial charge on any atom is 0.573 e. The number of aliphatic hydroxyl groups is 1. The van der Waals surface area contributed by atoms with Gasteiger partial charge in [0.15, 0.2) is 0 Å². The standard InChI is InChI=1S/C26H37F3N2O4/c1-18(32)8-4-3-5-9-23(34)30-25(17-31-14-6-7-15-31)16-22(19(2)33)24(25)20-10-12-21(13-11-20)35-26(27,28)29/h10-13,19,22,24,33H,3-9,14-17H2,1-2H3,(H,30,34)/t19?,22?,24?,25-/m1/s1. The van der Waals surface area contributed by atoms with Crippen LogP contribution in [0.3, 0.4) is 0 Å². The summed E-state index contributed by atoms with van der Waals surface area (Å²) in [6.07, 6.45) is 0.515. The molecule has 0 spiro atoms. The zero-order chi connectivity index (χ0) is 25.6. The minimum absolute atomic E-state index is 0.0712. The van der Waals surface area contributed by atoms with Crippen molar-refractivity contribution in [3.63, 3.8) is 0 Å². The summed E-state index contributed by atoms with van der Waals surface area (Å²) in [4.78, 5) is 26.4. The lowest BCUT2D eigenvalue weighted by Gasteiger charge is -2.58. The van der Waals surface area contributed by atoms with Gasteiger partial charge in [-0.2, -0.15) is 0 Å². The number of halogens is 3. The first kappa shape index (κ1) is 27.5. The number of Topliss-reactive ketones (excluding diaryl/α,β-unsaturated/α-hetero) is 1. The van der Waals surface area contributed by atoms with Crippen LogP contribution in [0.25, 0.3) is 0 Å². The smallest absolute Gasteiger partial charge is 0.406 e. The molecule has 1 saturated heterocycles. The SMILES string of the molecule is CC(=O)CCCCCC(=O)N[C@@]1(CN2CCCC2)CC(C(C)O)C1c1ccc(OC(F)(F)F)cc1. The van der Waals surface area contributed by atoms with Gasteiger partial charge in [0.1, 0.15) is 11.5 Å². The van der Waals surface area contributed by atoms with Gasteiger partial charge >= 0.3 is 6.36 Å². The number of aliphatic hydroxyl groups excluding tert-OH is 1. The van der Waals surface area contributed by atoms with Crippen molar-refractivity contribution in [2.24, 2.45) is 5.92 Å². The Balaban J connectivity index is 1.77. The molecule has 0 radical (unpaired) electrons. The molecule has 196 valence electrons. The number of carbonyl (C=O) groups is 2. The van der Waals surface area contributed by atoms with E-state index in [1.165, 1.54) is 12.1 Å².